The van der Waals surface area contributed by atoms with Crippen molar-refractivity contribution in [2.45, 2.75) is 19.4 Å². The van der Waals surface area contributed by atoms with Gasteiger partial charge in [0, 0.05) is 5.56 Å². The summed E-state index contributed by atoms with van der Waals surface area (Å²) in [6.45, 7) is 3.07. The Balaban J connectivity index is 0.00000256. The number of hydrogen-bond acceptors (Lipinski definition) is 4. The number of carbonyl (C=O) groups excluding carboxylic acids is 1. The van der Waals surface area contributed by atoms with Crippen LogP contribution in [0.1, 0.15) is 24.2 Å². The van der Waals surface area contributed by atoms with E-state index >= 15 is 0 Å². The molecule has 0 saturated carbocycles. The molecule has 17 heavy (non-hydrogen) atoms. The van der Waals surface area contributed by atoms with Crippen molar-refractivity contribution in [3.05, 3.63) is 29.8 Å². The van der Waals surface area contributed by atoms with E-state index in [1.807, 2.05) is 0 Å². The molecule has 96 valence electrons. The van der Waals surface area contributed by atoms with Crippen LogP contribution in [0.5, 0.6) is 5.75 Å². The molecule has 0 aromatic heterocycles. The number of hydrogen-bond donors (Lipinski definition) is 2. The Bertz CT molecular complexity index is 350. The molecular weight excluding hydrogens is 224 g/mol. The van der Waals surface area contributed by atoms with Gasteiger partial charge in [0.15, 0.2) is 5.78 Å². The molecule has 5 nitrogen and oxygen atoms in total. The highest BCUT2D eigenvalue weighted by molar-refractivity contribution is 6.01. The quantitative estimate of drug-likeness (QED) is 0.720. The van der Waals surface area contributed by atoms with Gasteiger partial charge >= 0.3 is 0 Å². The molecule has 0 spiro atoms. The van der Waals surface area contributed by atoms with E-state index in [9.17, 15) is 9.90 Å². The van der Waals surface area contributed by atoms with E-state index in [4.69, 9.17) is 9.84 Å². The second kappa shape index (κ2) is 6.34. The molecule has 0 heterocycles. The Morgan fingerprint density at radius 1 is 1.29 bits per heavy atom. The van der Waals surface area contributed by atoms with Gasteiger partial charge in [0.2, 0.25) is 0 Å². The predicted molar refractivity (Wildman–Crippen MR) is 63.3 cm³/mol. The van der Waals surface area contributed by atoms with Crippen LogP contribution in [0, 0.1) is 0 Å². The smallest absolute Gasteiger partial charge is 0.193 e. The summed E-state index contributed by atoms with van der Waals surface area (Å²) in [5.74, 6) is 0.252. The van der Waals surface area contributed by atoms with Crippen molar-refractivity contribution < 1.29 is 25.2 Å². The Morgan fingerprint density at radius 3 is 2.24 bits per heavy atom. The first-order valence-electron chi connectivity index (χ1n) is 5.06. The number of rotatable bonds is 5. The zero-order valence-corrected chi connectivity index (χ0v) is 9.93. The normalized spacial score (nSPS) is 10.6. The minimum absolute atomic E-state index is 0. The first-order chi connectivity index (χ1) is 7.45. The van der Waals surface area contributed by atoms with Crippen molar-refractivity contribution in [3.63, 3.8) is 0 Å². The van der Waals surface area contributed by atoms with Gasteiger partial charge in [-0.2, -0.15) is 0 Å². The van der Waals surface area contributed by atoms with Crippen LogP contribution in [-0.4, -0.2) is 40.3 Å². The van der Waals surface area contributed by atoms with E-state index in [1.165, 1.54) is 13.8 Å². The Morgan fingerprint density at radius 2 is 1.82 bits per heavy atom. The number of aliphatic hydroxyl groups excluding tert-OH is 1. The maximum Gasteiger partial charge on any atom is 0.193 e. The largest absolute Gasteiger partial charge is 0.491 e. The third-order valence-electron chi connectivity index (χ3n) is 2.03. The second-order valence-electron chi connectivity index (χ2n) is 3.98. The SMILES string of the molecule is CC(C)(O)C(=O)c1ccc(OCCO)cc1.O. The van der Waals surface area contributed by atoms with Gasteiger partial charge in [0.25, 0.3) is 0 Å². The van der Waals surface area contributed by atoms with E-state index in [0.29, 0.717) is 11.3 Å². The highest BCUT2D eigenvalue weighted by Gasteiger charge is 2.24. The van der Waals surface area contributed by atoms with E-state index < -0.39 is 5.60 Å². The molecular formula is C12H18O5. The van der Waals surface area contributed by atoms with Gasteiger partial charge in [0.05, 0.1) is 6.61 Å². The molecule has 0 bridgehead atoms. The first kappa shape index (κ1) is 15.6. The number of ketones is 1. The summed E-state index contributed by atoms with van der Waals surface area (Å²) in [5, 5.41) is 18.1. The van der Waals surface area contributed by atoms with Gasteiger partial charge in [-0.3, -0.25) is 4.79 Å². The monoisotopic (exact) mass is 242 g/mol. The van der Waals surface area contributed by atoms with Gasteiger partial charge in [-0.15, -0.1) is 0 Å². The second-order valence-corrected chi connectivity index (χ2v) is 3.98. The van der Waals surface area contributed by atoms with Crippen molar-refractivity contribution in [2.75, 3.05) is 13.2 Å². The minimum atomic E-state index is -1.37. The van der Waals surface area contributed by atoms with Crippen LogP contribution < -0.4 is 4.74 Å². The van der Waals surface area contributed by atoms with Crippen molar-refractivity contribution in [1.82, 2.24) is 0 Å². The van der Waals surface area contributed by atoms with E-state index in [0.717, 1.165) is 0 Å². The van der Waals surface area contributed by atoms with Crippen LogP contribution in [0.4, 0.5) is 0 Å². The molecule has 0 atom stereocenters. The maximum atomic E-state index is 11.7. The number of ether oxygens (including phenoxy) is 1. The van der Waals surface area contributed by atoms with Crippen LogP contribution in [0.3, 0.4) is 0 Å². The molecule has 4 N–H and O–H groups in total. The van der Waals surface area contributed by atoms with Gasteiger partial charge in [-0.05, 0) is 38.1 Å². The third-order valence-corrected chi connectivity index (χ3v) is 2.03. The molecule has 0 fully saturated rings. The Kier molecular flexibility index (Phi) is 5.81. The lowest BCUT2D eigenvalue weighted by Crippen LogP contribution is -2.30. The standard InChI is InChI=1S/C12H16O4.H2O/c1-12(2,15)11(14)9-3-5-10(6-4-9)16-8-7-13;/h3-6,13,15H,7-8H2,1-2H3;1H2. The van der Waals surface area contributed by atoms with Crippen LogP contribution in [0.25, 0.3) is 0 Å². The van der Waals surface area contributed by atoms with Crippen LogP contribution in [0.2, 0.25) is 0 Å². The summed E-state index contributed by atoms with van der Waals surface area (Å²) in [5.41, 5.74) is -0.933. The fraction of sp³-hybridized carbons (Fsp3) is 0.417. The van der Waals surface area contributed by atoms with Gasteiger partial charge < -0.3 is 20.4 Å². The molecule has 0 radical (unpaired) electrons. The predicted octanol–water partition coefficient (Wildman–Crippen LogP) is 0.187. The van der Waals surface area contributed by atoms with Crippen molar-refractivity contribution >= 4 is 5.78 Å². The number of aliphatic hydroxyl groups is 2. The summed E-state index contributed by atoms with van der Waals surface area (Å²) >= 11 is 0. The van der Waals surface area contributed by atoms with Gasteiger partial charge in [-0.1, -0.05) is 0 Å². The third kappa shape index (κ3) is 4.52. The molecule has 0 unspecified atom stereocenters. The molecule has 0 saturated heterocycles. The molecule has 0 aliphatic heterocycles. The molecule has 0 aliphatic carbocycles. The number of carbonyl (C=O) groups is 1. The van der Waals surface area contributed by atoms with E-state index in [-0.39, 0.29) is 24.5 Å². The lowest BCUT2D eigenvalue weighted by Gasteiger charge is -2.15. The maximum absolute atomic E-state index is 11.7. The molecule has 0 amide bonds. The molecule has 1 aromatic rings. The van der Waals surface area contributed by atoms with Crippen LogP contribution in [0.15, 0.2) is 24.3 Å². The Hall–Kier alpha value is -1.43. The molecule has 1 rings (SSSR count). The average molecular weight is 242 g/mol. The summed E-state index contributed by atoms with van der Waals surface area (Å²) in [6, 6.07) is 6.45. The van der Waals surface area contributed by atoms with E-state index in [1.54, 1.807) is 24.3 Å². The van der Waals surface area contributed by atoms with Crippen LogP contribution >= 0.6 is 0 Å². The highest BCUT2D eigenvalue weighted by Crippen LogP contribution is 2.16. The topological polar surface area (TPSA) is 98.3 Å². The van der Waals surface area contributed by atoms with Crippen molar-refractivity contribution in [3.8, 4) is 5.75 Å². The van der Waals surface area contributed by atoms with Crippen LogP contribution in [-0.2, 0) is 0 Å². The lowest BCUT2D eigenvalue weighted by atomic mass is 9.97. The van der Waals surface area contributed by atoms with E-state index in [2.05, 4.69) is 0 Å². The number of benzene rings is 1. The lowest BCUT2D eigenvalue weighted by molar-refractivity contribution is 0.0488. The fourth-order valence-electron chi connectivity index (χ4n) is 1.22. The molecule has 5 heteroatoms. The Labute approximate surface area is 100.0 Å². The fourth-order valence-corrected chi connectivity index (χ4v) is 1.22. The summed E-state index contributed by atoms with van der Waals surface area (Å²) in [7, 11) is 0. The summed E-state index contributed by atoms with van der Waals surface area (Å²) in [4.78, 5) is 11.7. The number of Topliss-reactive ketones (excluding diaryl/α,β-unsaturated/α-hetero) is 1. The van der Waals surface area contributed by atoms with Gasteiger partial charge in [-0.25, -0.2) is 0 Å². The van der Waals surface area contributed by atoms with Gasteiger partial charge in [0.1, 0.15) is 18.0 Å². The van der Waals surface area contributed by atoms with Crippen molar-refractivity contribution in [2.24, 2.45) is 0 Å². The molecule has 1 aromatic carbocycles. The summed E-state index contributed by atoms with van der Waals surface area (Å²) < 4.78 is 5.15. The average Bonchev–Trinajstić information content (AvgIpc) is 2.25. The minimum Gasteiger partial charge on any atom is -0.491 e. The van der Waals surface area contributed by atoms with Crippen molar-refractivity contribution in [1.29, 1.82) is 0 Å². The first-order valence-corrected chi connectivity index (χ1v) is 5.06. The molecule has 0 aliphatic rings. The highest BCUT2D eigenvalue weighted by atomic mass is 16.5. The zero-order valence-electron chi connectivity index (χ0n) is 9.93. The summed E-state index contributed by atoms with van der Waals surface area (Å²) in [6.07, 6.45) is 0. The zero-order chi connectivity index (χ0) is 12.2.